The molecule has 4 heteroatoms. The van der Waals surface area contributed by atoms with Crippen LogP contribution in [-0.2, 0) is 4.74 Å². The van der Waals surface area contributed by atoms with Crippen molar-refractivity contribution in [2.24, 2.45) is 0 Å². The molecule has 174 valence electrons. The van der Waals surface area contributed by atoms with Crippen LogP contribution in [0.3, 0.4) is 0 Å². The maximum absolute atomic E-state index is 12.8. The average Bonchev–Trinajstić information content (AvgIpc) is 3.10. The topological polar surface area (TPSA) is 32.8 Å². The van der Waals surface area contributed by atoms with E-state index in [-0.39, 0.29) is 18.2 Å². The molecule has 2 aliphatic heterocycles. The monoisotopic (exact) mass is 452 g/mol. The summed E-state index contributed by atoms with van der Waals surface area (Å²) in [6.07, 6.45) is 4.98. The van der Waals surface area contributed by atoms with Gasteiger partial charge in [-0.2, -0.15) is 0 Å². The smallest absolute Gasteiger partial charge is 0.411 e. The summed E-state index contributed by atoms with van der Waals surface area (Å²) in [6.45, 7) is 5.77. The molecule has 34 heavy (non-hydrogen) atoms. The summed E-state index contributed by atoms with van der Waals surface area (Å²) < 4.78 is 5.68. The van der Waals surface area contributed by atoms with Gasteiger partial charge >= 0.3 is 6.09 Å². The van der Waals surface area contributed by atoms with Crippen molar-refractivity contribution in [1.82, 2.24) is 4.90 Å². The molecule has 1 amide bonds. The van der Waals surface area contributed by atoms with Gasteiger partial charge in [-0.05, 0) is 87.6 Å². The van der Waals surface area contributed by atoms with Gasteiger partial charge in [0.1, 0.15) is 5.60 Å². The summed E-state index contributed by atoms with van der Waals surface area (Å²) in [4.78, 5) is 17.0. The Morgan fingerprint density at radius 2 is 1.38 bits per heavy atom. The summed E-state index contributed by atoms with van der Waals surface area (Å²) in [5.74, 6) is 0. The molecule has 1 fully saturated rings. The first-order chi connectivity index (χ1) is 16.4. The van der Waals surface area contributed by atoms with Crippen molar-refractivity contribution >= 4 is 28.7 Å². The lowest BCUT2D eigenvalue weighted by molar-refractivity contribution is 0.0175. The third kappa shape index (κ3) is 4.58. The van der Waals surface area contributed by atoms with Gasteiger partial charge in [0.05, 0.1) is 6.04 Å². The van der Waals surface area contributed by atoms with E-state index >= 15 is 0 Å². The van der Waals surface area contributed by atoms with Crippen LogP contribution in [0.15, 0.2) is 91.0 Å². The molecule has 2 heterocycles. The minimum absolute atomic E-state index is 0.119. The summed E-state index contributed by atoms with van der Waals surface area (Å²) in [5.41, 5.74) is 5.46. The molecule has 0 radical (unpaired) electrons. The van der Waals surface area contributed by atoms with E-state index in [9.17, 15) is 4.79 Å². The number of hydrogen-bond donors (Lipinski definition) is 0. The molecule has 2 aliphatic rings. The van der Waals surface area contributed by atoms with E-state index in [1.165, 1.54) is 11.1 Å². The van der Waals surface area contributed by atoms with Crippen LogP contribution in [0.4, 0.5) is 21.9 Å². The zero-order valence-corrected chi connectivity index (χ0v) is 20.1. The van der Waals surface area contributed by atoms with Gasteiger partial charge in [-0.3, -0.25) is 4.90 Å². The number of anilines is 3. The Hall–Kier alpha value is -3.53. The number of rotatable bonds is 4. The van der Waals surface area contributed by atoms with E-state index in [2.05, 4.69) is 83.8 Å². The maximum atomic E-state index is 12.8. The number of ether oxygens (including phenoxy) is 1. The van der Waals surface area contributed by atoms with Crippen molar-refractivity contribution in [1.29, 1.82) is 0 Å². The van der Waals surface area contributed by atoms with E-state index in [1.807, 2.05) is 37.8 Å². The standard InChI is InChI=1S/C30H32N2O2/c1-30(2,3)34-29(33)32-27-18-19-28(32)21-23(20-27)22-14-16-26(17-15-22)31(24-10-6-4-7-11-24)25-12-8-5-9-13-25/h4-17,20,27-28H,18-19,21H2,1-3H3. The lowest BCUT2D eigenvalue weighted by atomic mass is 9.94. The van der Waals surface area contributed by atoms with Crippen molar-refractivity contribution in [2.45, 2.75) is 57.7 Å². The molecule has 0 spiro atoms. The Bertz CT molecular complexity index is 1120. The number of amides is 1. The number of carbonyl (C=O) groups is 1. The zero-order chi connectivity index (χ0) is 23.7. The van der Waals surface area contributed by atoms with Gasteiger partial charge < -0.3 is 9.64 Å². The molecule has 3 aromatic rings. The first-order valence-electron chi connectivity index (χ1n) is 12.1. The zero-order valence-electron chi connectivity index (χ0n) is 20.1. The Morgan fingerprint density at radius 3 is 1.91 bits per heavy atom. The van der Waals surface area contributed by atoms with Crippen molar-refractivity contribution < 1.29 is 9.53 Å². The number of para-hydroxylation sites is 2. The van der Waals surface area contributed by atoms with Crippen molar-refractivity contribution in [2.75, 3.05) is 4.90 Å². The summed E-state index contributed by atoms with van der Waals surface area (Å²) in [5, 5.41) is 0. The highest BCUT2D eigenvalue weighted by Crippen LogP contribution is 2.40. The van der Waals surface area contributed by atoms with Crippen molar-refractivity contribution in [3.8, 4) is 0 Å². The van der Waals surface area contributed by atoms with Crippen LogP contribution >= 0.6 is 0 Å². The van der Waals surface area contributed by atoms with Crippen LogP contribution in [0.25, 0.3) is 5.57 Å². The third-order valence-corrected chi connectivity index (χ3v) is 6.52. The summed E-state index contributed by atoms with van der Waals surface area (Å²) in [6, 6.07) is 30.0. The fourth-order valence-corrected chi connectivity index (χ4v) is 5.07. The second-order valence-corrected chi connectivity index (χ2v) is 10.1. The molecule has 2 atom stereocenters. The number of benzene rings is 3. The summed E-state index contributed by atoms with van der Waals surface area (Å²) in [7, 11) is 0. The van der Waals surface area contributed by atoms with E-state index in [0.717, 1.165) is 36.3 Å². The molecule has 0 saturated carbocycles. The fourth-order valence-electron chi connectivity index (χ4n) is 5.07. The molecule has 0 aliphatic carbocycles. The van der Waals surface area contributed by atoms with Crippen LogP contribution in [-0.4, -0.2) is 28.7 Å². The highest BCUT2D eigenvalue weighted by atomic mass is 16.6. The normalized spacial score (nSPS) is 19.5. The summed E-state index contributed by atoms with van der Waals surface area (Å²) >= 11 is 0. The van der Waals surface area contributed by atoms with Crippen molar-refractivity contribution in [3.63, 3.8) is 0 Å². The molecule has 2 unspecified atom stereocenters. The minimum atomic E-state index is -0.472. The predicted molar refractivity (Wildman–Crippen MR) is 139 cm³/mol. The van der Waals surface area contributed by atoms with Crippen LogP contribution in [0.5, 0.6) is 0 Å². The largest absolute Gasteiger partial charge is 0.444 e. The number of nitrogens with zero attached hydrogens (tertiary/aromatic N) is 2. The highest BCUT2D eigenvalue weighted by Gasteiger charge is 2.41. The van der Waals surface area contributed by atoms with Gasteiger partial charge in [0.2, 0.25) is 0 Å². The fraction of sp³-hybridized carbons (Fsp3) is 0.300. The van der Waals surface area contributed by atoms with Gasteiger partial charge in [-0.15, -0.1) is 0 Å². The highest BCUT2D eigenvalue weighted by molar-refractivity contribution is 5.79. The van der Waals surface area contributed by atoms with Gasteiger partial charge in [0.25, 0.3) is 0 Å². The number of carbonyl (C=O) groups excluding carboxylic acids is 1. The molecule has 3 aromatic carbocycles. The predicted octanol–water partition coefficient (Wildman–Crippen LogP) is 7.71. The first kappa shape index (κ1) is 22.3. The van der Waals surface area contributed by atoms with E-state index < -0.39 is 5.60 Å². The second-order valence-electron chi connectivity index (χ2n) is 10.1. The van der Waals surface area contributed by atoms with Crippen LogP contribution in [0.2, 0.25) is 0 Å². The molecule has 1 saturated heterocycles. The lowest BCUT2D eigenvalue weighted by Gasteiger charge is -2.35. The maximum Gasteiger partial charge on any atom is 0.411 e. The van der Waals surface area contributed by atoms with Crippen LogP contribution < -0.4 is 4.90 Å². The SMILES string of the molecule is CC(C)(C)OC(=O)N1C2C=C(c3ccc(N(c4ccccc4)c4ccccc4)cc3)CC1CC2. The average molecular weight is 453 g/mol. The molecule has 2 bridgehead atoms. The lowest BCUT2D eigenvalue weighted by Crippen LogP contribution is -2.45. The van der Waals surface area contributed by atoms with Crippen LogP contribution in [0, 0.1) is 0 Å². The number of hydrogen-bond acceptors (Lipinski definition) is 3. The Kier molecular flexibility index (Phi) is 5.91. The Morgan fingerprint density at radius 1 is 0.824 bits per heavy atom. The molecular formula is C30H32N2O2. The number of fused-ring (bicyclic) bond motifs is 2. The Labute approximate surface area is 202 Å². The molecule has 0 aromatic heterocycles. The van der Waals surface area contributed by atoms with Crippen molar-refractivity contribution in [3.05, 3.63) is 96.6 Å². The van der Waals surface area contributed by atoms with Gasteiger partial charge in [-0.1, -0.05) is 54.6 Å². The molecular weight excluding hydrogens is 420 g/mol. The van der Waals surface area contributed by atoms with Gasteiger partial charge in [0.15, 0.2) is 0 Å². The Balaban J connectivity index is 1.40. The van der Waals surface area contributed by atoms with E-state index in [4.69, 9.17) is 4.74 Å². The molecule has 5 rings (SSSR count). The third-order valence-electron chi connectivity index (χ3n) is 6.52. The van der Waals surface area contributed by atoms with Gasteiger partial charge in [-0.25, -0.2) is 4.79 Å². The van der Waals surface area contributed by atoms with E-state index in [1.54, 1.807) is 0 Å². The van der Waals surface area contributed by atoms with E-state index in [0.29, 0.717) is 0 Å². The van der Waals surface area contributed by atoms with Gasteiger partial charge in [0, 0.05) is 23.1 Å². The minimum Gasteiger partial charge on any atom is -0.444 e. The van der Waals surface area contributed by atoms with Crippen LogP contribution in [0.1, 0.15) is 45.6 Å². The molecule has 0 N–H and O–H groups in total. The first-order valence-corrected chi connectivity index (χ1v) is 12.1. The quantitative estimate of drug-likeness (QED) is 0.406. The second kappa shape index (κ2) is 9.02. The molecule has 4 nitrogen and oxygen atoms in total.